The molecule has 0 aliphatic carbocycles. The summed E-state index contributed by atoms with van der Waals surface area (Å²) < 4.78 is 47.8. The van der Waals surface area contributed by atoms with Gasteiger partial charge in [0.05, 0.1) is 22.1 Å². The Hall–Kier alpha value is -1.23. The van der Waals surface area contributed by atoms with Gasteiger partial charge in [-0.15, -0.1) is 0 Å². The number of halogens is 3. The Kier molecular flexibility index (Phi) is 4.03. The molecule has 0 aliphatic heterocycles. The molecule has 0 aliphatic rings. The van der Waals surface area contributed by atoms with Gasteiger partial charge in [0.1, 0.15) is 0 Å². The second-order valence-electron chi connectivity index (χ2n) is 3.11. The molecule has 1 rings (SSSR count). The molecule has 8 heteroatoms. The molecule has 0 saturated carbocycles. The molecule has 0 amide bonds. The van der Waals surface area contributed by atoms with E-state index in [2.05, 4.69) is 0 Å². The van der Waals surface area contributed by atoms with Crippen LogP contribution >= 0.6 is 10.7 Å². The summed E-state index contributed by atoms with van der Waals surface area (Å²) in [5, 5.41) is 8.72. The smallest absolute Gasteiger partial charge is 0.266 e. The molecule has 17 heavy (non-hydrogen) atoms. The Morgan fingerprint density at radius 3 is 2.41 bits per heavy atom. The van der Waals surface area contributed by atoms with Crippen molar-refractivity contribution < 1.29 is 17.2 Å². The summed E-state index contributed by atoms with van der Waals surface area (Å²) in [5.41, 5.74) is 4.19. The van der Waals surface area contributed by atoms with E-state index in [4.69, 9.17) is 21.7 Å². The zero-order valence-corrected chi connectivity index (χ0v) is 9.89. The van der Waals surface area contributed by atoms with Gasteiger partial charge < -0.3 is 5.73 Å². The summed E-state index contributed by atoms with van der Waals surface area (Å²) in [6, 6.07) is 3.57. The first kappa shape index (κ1) is 13.8. The van der Waals surface area contributed by atoms with Crippen LogP contribution in [0, 0.1) is 11.3 Å². The van der Waals surface area contributed by atoms with Crippen molar-refractivity contribution in [2.75, 3.05) is 0 Å². The topological polar surface area (TPSA) is 83.9 Å². The van der Waals surface area contributed by atoms with Crippen molar-refractivity contribution in [2.45, 2.75) is 17.9 Å². The molecule has 0 atom stereocenters. The molecule has 0 aromatic heterocycles. The summed E-state index contributed by atoms with van der Waals surface area (Å²) in [6.07, 6.45) is -3.11. The number of hydrogen-bond donors (Lipinski definition) is 1. The van der Waals surface area contributed by atoms with Crippen LogP contribution < -0.4 is 5.73 Å². The molecule has 92 valence electrons. The number of nitrogens with two attached hydrogens (primary N) is 1. The predicted octanol–water partition coefficient (Wildman–Crippen LogP) is 1.88. The fourth-order valence-corrected chi connectivity index (χ4v) is 2.46. The normalized spacial score (nSPS) is 11.5. The van der Waals surface area contributed by atoms with Crippen LogP contribution in [0.15, 0.2) is 17.0 Å². The number of hydrogen-bond acceptors (Lipinski definition) is 4. The molecule has 2 N–H and O–H groups in total. The van der Waals surface area contributed by atoms with Crippen molar-refractivity contribution in [2.24, 2.45) is 5.73 Å². The van der Waals surface area contributed by atoms with Crippen LogP contribution in [0.2, 0.25) is 0 Å². The summed E-state index contributed by atoms with van der Waals surface area (Å²) in [7, 11) is 0.696. The Morgan fingerprint density at radius 1 is 1.47 bits per heavy atom. The first-order valence-corrected chi connectivity index (χ1v) is 6.62. The number of rotatable bonds is 3. The van der Waals surface area contributed by atoms with E-state index in [0.29, 0.717) is 0 Å². The number of alkyl halides is 2. The van der Waals surface area contributed by atoms with E-state index in [1.54, 1.807) is 0 Å². The first-order chi connectivity index (χ1) is 7.81. The maximum Gasteiger partial charge on any atom is 0.266 e. The molecule has 0 bridgehead atoms. The summed E-state index contributed by atoms with van der Waals surface area (Å²) in [5.74, 6) is 0. The Balaban J connectivity index is 3.72. The van der Waals surface area contributed by atoms with Crippen LogP contribution in [0.25, 0.3) is 0 Å². The van der Waals surface area contributed by atoms with Crippen LogP contribution in [-0.2, 0) is 15.6 Å². The number of nitriles is 1. The van der Waals surface area contributed by atoms with Crippen molar-refractivity contribution in [1.29, 1.82) is 5.26 Å². The lowest BCUT2D eigenvalue weighted by molar-refractivity contribution is 0.147. The van der Waals surface area contributed by atoms with Crippen molar-refractivity contribution in [3.05, 3.63) is 28.8 Å². The second kappa shape index (κ2) is 4.96. The maximum atomic E-state index is 12.7. The molecular formula is C9H7ClF2N2O2S. The van der Waals surface area contributed by atoms with Gasteiger partial charge in [0, 0.05) is 17.2 Å². The van der Waals surface area contributed by atoms with Crippen molar-refractivity contribution in [3.8, 4) is 6.07 Å². The Morgan fingerprint density at radius 2 is 2.06 bits per heavy atom. The van der Waals surface area contributed by atoms with Gasteiger partial charge in [-0.3, -0.25) is 0 Å². The SMILES string of the molecule is N#Cc1cc(CN)cc(S(=O)(=O)Cl)c1C(F)F. The molecule has 0 unspecified atom stereocenters. The van der Waals surface area contributed by atoms with E-state index < -0.39 is 31.5 Å². The van der Waals surface area contributed by atoms with Gasteiger partial charge >= 0.3 is 0 Å². The fourth-order valence-electron chi connectivity index (χ4n) is 1.32. The second-order valence-corrected chi connectivity index (χ2v) is 5.64. The molecule has 0 saturated heterocycles. The van der Waals surface area contributed by atoms with Gasteiger partial charge in [-0.1, -0.05) is 0 Å². The van der Waals surface area contributed by atoms with Gasteiger partial charge in [0.2, 0.25) is 0 Å². The zero-order chi connectivity index (χ0) is 13.2. The van der Waals surface area contributed by atoms with Gasteiger partial charge in [0.15, 0.2) is 0 Å². The summed E-state index contributed by atoms with van der Waals surface area (Å²) in [6.45, 7) is -0.0857. The average Bonchev–Trinajstić information content (AvgIpc) is 2.25. The molecule has 4 nitrogen and oxygen atoms in total. The minimum Gasteiger partial charge on any atom is -0.326 e. The first-order valence-electron chi connectivity index (χ1n) is 4.31. The molecule has 1 aromatic rings. The van der Waals surface area contributed by atoms with Crippen molar-refractivity contribution in [1.82, 2.24) is 0 Å². The molecule has 0 heterocycles. The maximum absolute atomic E-state index is 12.7. The molecule has 0 radical (unpaired) electrons. The highest BCUT2D eigenvalue weighted by molar-refractivity contribution is 8.13. The van der Waals surface area contributed by atoms with Crippen molar-refractivity contribution >= 4 is 19.7 Å². The largest absolute Gasteiger partial charge is 0.326 e. The van der Waals surface area contributed by atoms with E-state index in [9.17, 15) is 17.2 Å². The van der Waals surface area contributed by atoms with Crippen LogP contribution in [0.3, 0.4) is 0 Å². The summed E-state index contributed by atoms with van der Waals surface area (Å²) in [4.78, 5) is -0.770. The third-order valence-corrected chi connectivity index (χ3v) is 3.40. The van der Waals surface area contributed by atoms with Crippen LogP contribution in [-0.4, -0.2) is 8.42 Å². The fraction of sp³-hybridized carbons (Fsp3) is 0.222. The number of benzene rings is 1. The minimum atomic E-state index is -4.36. The molecule has 0 spiro atoms. The highest BCUT2D eigenvalue weighted by Gasteiger charge is 2.26. The van der Waals surface area contributed by atoms with E-state index in [-0.39, 0.29) is 12.1 Å². The van der Waals surface area contributed by atoms with E-state index in [1.807, 2.05) is 0 Å². The Bertz CT molecular complexity index is 581. The van der Waals surface area contributed by atoms with Crippen LogP contribution in [0.1, 0.15) is 23.1 Å². The Labute approximate surface area is 101 Å². The lowest BCUT2D eigenvalue weighted by Gasteiger charge is -2.10. The van der Waals surface area contributed by atoms with Crippen LogP contribution in [0.5, 0.6) is 0 Å². The predicted molar refractivity (Wildman–Crippen MR) is 57.0 cm³/mol. The lowest BCUT2D eigenvalue weighted by atomic mass is 10.0. The standard InChI is InChI=1S/C9H7ClF2N2O2S/c10-17(15,16)7-2-5(3-13)1-6(4-14)8(7)9(11)12/h1-2,9H,3,13H2. The van der Waals surface area contributed by atoms with E-state index in [0.717, 1.165) is 12.1 Å². The average molecular weight is 281 g/mol. The van der Waals surface area contributed by atoms with E-state index in [1.165, 1.54) is 6.07 Å². The molecule has 1 aromatic carbocycles. The van der Waals surface area contributed by atoms with Gasteiger partial charge in [-0.2, -0.15) is 5.26 Å². The van der Waals surface area contributed by atoms with Gasteiger partial charge in [-0.05, 0) is 17.7 Å². The lowest BCUT2D eigenvalue weighted by Crippen LogP contribution is -2.06. The highest BCUT2D eigenvalue weighted by atomic mass is 35.7. The highest BCUT2D eigenvalue weighted by Crippen LogP contribution is 2.32. The number of nitrogens with zero attached hydrogens (tertiary/aromatic N) is 1. The quantitative estimate of drug-likeness (QED) is 0.857. The molecular weight excluding hydrogens is 274 g/mol. The van der Waals surface area contributed by atoms with E-state index >= 15 is 0 Å². The minimum absolute atomic E-state index is 0.0857. The van der Waals surface area contributed by atoms with Crippen molar-refractivity contribution in [3.63, 3.8) is 0 Å². The summed E-state index contributed by atoms with van der Waals surface area (Å²) >= 11 is 0. The van der Waals surface area contributed by atoms with Gasteiger partial charge in [-0.25, -0.2) is 17.2 Å². The third kappa shape index (κ3) is 2.91. The molecule has 0 fully saturated rings. The van der Waals surface area contributed by atoms with Gasteiger partial charge in [0.25, 0.3) is 15.5 Å². The zero-order valence-electron chi connectivity index (χ0n) is 8.32. The van der Waals surface area contributed by atoms with Crippen LogP contribution in [0.4, 0.5) is 8.78 Å². The third-order valence-electron chi connectivity index (χ3n) is 2.04. The monoisotopic (exact) mass is 280 g/mol.